The Labute approximate surface area is 108 Å². The molecular formula is C13H23N3O2. The predicted octanol–water partition coefficient (Wildman–Crippen LogP) is 0.0853. The van der Waals surface area contributed by atoms with Crippen molar-refractivity contribution in [3.05, 3.63) is 0 Å². The van der Waals surface area contributed by atoms with Crippen molar-refractivity contribution in [2.75, 3.05) is 19.6 Å². The molecular weight excluding hydrogens is 230 g/mol. The Morgan fingerprint density at radius 2 is 1.72 bits per heavy atom. The second kappa shape index (κ2) is 5.69. The van der Waals surface area contributed by atoms with Crippen LogP contribution >= 0.6 is 0 Å². The molecule has 1 heterocycles. The molecule has 102 valence electrons. The highest BCUT2D eigenvalue weighted by molar-refractivity contribution is 5.82. The highest BCUT2D eigenvalue weighted by Crippen LogP contribution is 2.30. The van der Waals surface area contributed by atoms with Gasteiger partial charge in [0.15, 0.2) is 0 Å². The Kier molecular flexibility index (Phi) is 4.22. The lowest BCUT2D eigenvalue weighted by Gasteiger charge is -2.29. The van der Waals surface area contributed by atoms with Crippen molar-refractivity contribution in [3.63, 3.8) is 0 Å². The van der Waals surface area contributed by atoms with Crippen LogP contribution in [0, 0.1) is 17.8 Å². The molecule has 0 aromatic heterocycles. The first-order valence-electron chi connectivity index (χ1n) is 6.90. The van der Waals surface area contributed by atoms with E-state index in [1.165, 1.54) is 0 Å². The van der Waals surface area contributed by atoms with Gasteiger partial charge in [-0.15, -0.1) is 0 Å². The molecule has 1 saturated heterocycles. The summed E-state index contributed by atoms with van der Waals surface area (Å²) >= 11 is 0. The van der Waals surface area contributed by atoms with Crippen molar-refractivity contribution in [1.29, 1.82) is 0 Å². The topological polar surface area (TPSA) is 89.4 Å². The Bertz CT molecular complexity index is 324. The molecule has 0 aromatic rings. The van der Waals surface area contributed by atoms with E-state index in [-0.39, 0.29) is 23.7 Å². The van der Waals surface area contributed by atoms with Gasteiger partial charge in [0.05, 0.1) is 5.92 Å². The molecule has 0 spiro atoms. The van der Waals surface area contributed by atoms with Crippen LogP contribution in [0.1, 0.15) is 32.1 Å². The van der Waals surface area contributed by atoms with Crippen LogP contribution in [0.25, 0.3) is 0 Å². The third kappa shape index (κ3) is 2.83. The number of likely N-dealkylation sites (tertiary alicyclic amines) is 1. The molecule has 2 amide bonds. The summed E-state index contributed by atoms with van der Waals surface area (Å²) in [6.45, 7) is 1.93. The molecule has 18 heavy (non-hydrogen) atoms. The molecule has 2 rings (SSSR count). The van der Waals surface area contributed by atoms with Gasteiger partial charge in [-0.05, 0) is 44.6 Å². The summed E-state index contributed by atoms with van der Waals surface area (Å²) in [6, 6.07) is 0. The van der Waals surface area contributed by atoms with Gasteiger partial charge in [-0.2, -0.15) is 0 Å². The van der Waals surface area contributed by atoms with Crippen LogP contribution < -0.4 is 11.5 Å². The molecule has 5 heteroatoms. The number of primary amides is 1. The van der Waals surface area contributed by atoms with E-state index in [1.54, 1.807) is 0 Å². The van der Waals surface area contributed by atoms with Crippen molar-refractivity contribution >= 4 is 11.8 Å². The number of carbonyl (C=O) groups is 2. The van der Waals surface area contributed by atoms with Gasteiger partial charge in [0.1, 0.15) is 0 Å². The number of nitrogens with zero attached hydrogens (tertiary/aromatic N) is 1. The standard InChI is InChI=1S/C13H23N3O2/c14-7-9-1-3-10(4-2-9)13(18)16-6-5-11(8-16)12(15)17/h9-11H,1-8,14H2,(H2,15,17). The van der Waals surface area contributed by atoms with E-state index in [0.717, 1.165) is 38.6 Å². The average molecular weight is 253 g/mol. The zero-order valence-corrected chi connectivity index (χ0v) is 10.8. The van der Waals surface area contributed by atoms with Crippen LogP contribution in [0.15, 0.2) is 0 Å². The molecule has 1 atom stereocenters. The van der Waals surface area contributed by atoms with Gasteiger partial charge >= 0.3 is 0 Å². The Morgan fingerprint density at radius 3 is 2.22 bits per heavy atom. The van der Waals surface area contributed by atoms with E-state index >= 15 is 0 Å². The average Bonchev–Trinajstić information content (AvgIpc) is 2.88. The fraction of sp³-hybridized carbons (Fsp3) is 0.846. The van der Waals surface area contributed by atoms with Crippen LogP contribution in [0.2, 0.25) is 0 Å². The van der Waals surface area contributed by atoms with Crippen LogP contribution in [0.3, 0.4) is 0 Å². The van der Waals surface area contributed by atoms with Crippen molar-refractivity contribution in [2.24, 2.45) is 29.2 Å². The van der Waals surface area contributed by atoms with E-state index in [0.29, 0.717) is 19.0 Å². The van der Waals surface area contributed by atoms with Gasteiger partial charge in [0.2, 0.25) is 11.8 Å². The van der Waals surface area contributed by atoms with Gasteiger partial charge in [-0.3, -0.25) is 9.59 Å². The molecule has 4 N–H and O–H groups in total. The zero-order valence-electron chi connectivity index (χ0n) is 10.8. The highest BCUT2D eigenvalue weighted by Gasteiger charge is 2.34. The molecule has 2 aliphatic rings. The predicted molar refractivity (Wildman–Crippen MR) is 68.4 cm³/mol. The number of hydrogen-bond donors (Lipinski definition) is 2. The zero-order chi connectivity index (χ0) is 13.1. The Morgan fingerprint density at radius 1 is 1.06 bits per heavy atom. The lowest BCUT2D eigenvalue weighted by Crippen LogP contribution is -2.38. The van der Waals surface area contributed by atoms with Gasteiger partial charge in [-0.25, -0.2) is 0 Å². The summed E-state index contributed by atoms with van der Waals surface area (Å²) in [5.74, 6) is 0.520. The quantitative estimate of drug-likeness (QED) is 0.746. The van der Waals surface area contributed by atoms with Crippen molar-refractivity contribution in [3.8, 4) is 0 Å². The first-order valence-corrected chi connectivity index (χ1v) is 6.90. The number of rotatable bonds is 3. The minimum absolute atomic E-state index is 0.138. The third-order valence-electron chi connectivity index (χ3n) is 4.43. The monoisotopic (exact) mass is 253 g/mol. The number of nitrogens with two attached hydrogens (primary N) is 2. The first-order chi connectivity index (χ1) is 8.61. The molecule has 2 fully saturated rings. The molecule has 0 radical (unpaired) electrons. The molecule has 0 bridgehead atoms. The lowest BCUT2D eigenvalue weighted by molar-refractivity contribution is -0.136. The normalized spacial score (nSPS) is 32.5. The maximum Gasteiger partial charge on any atom is 0.225 e. The first kappa shape index (κ1) is 13.3. The van der Waals surface area contributed by atoms with Crippen LogP contribution in [0.5, 0.6) is 0 Å². The van der Waals surface area contributed by atoms with Crippen LogP contribution in [-0.4, -0.2) is 36.3 Å². The lowest BCUT2D eigenvalue weighted by atomic mass is 9.81. The summed E-state index contributed by atoms with van der Waals surface area (Å²) in [4.78, 5) is 25.2. The van der Waals surface area contributed by atoms with Crippen LogP contribution in [-0.2, 0) is 9.59 Å². The maximum atomic E-state index is 12.3. The van der Waals surface area contributed by atoms with Gasteiger partial charge in [-0.1, -0.05) is 0 Å². The smallest absolute Gasteiger partial charge is 0.225 e. The number of amides is 2. The molecule has 5 nitrogen and oxygen atoms in total. The van der Waals surface area contributed by atoms with E-state index in [2.05, 4.69) is 0 Å². The minimum Gasteiger partial charge on any atom is -0.369 e. The highest BCUT2D eigenvalue weighted by atomic mass is 16.2. The molecule has 1 unspecified atom stereocenters. The summed E-state index contributed by atoms with van der Waals surface area (Å²) in [5.41, 5.74) is 10.9. The summed E-state index contributed by atoms with van der Waals surface area (Å²) in [5, 5.41) is 0. The summed E-state index contributed by atoms with van der Waals surface area (Å²) in [7, 11) is 0. The maximum absolute atomic E-state index is 12.3. The third-order valence-corrected chi connectivity index (χ3v) is 4.43. The number of hydrogen-bond acceptors (Lipinski definition) is 3. The van der Waals surface area contributed by atoms with Crippen molar-refractivity contribution in [2.45, 2.75) is 32.1 Å². The van der Waals surface area contributed by atoms with E-state index in [9.17, 15) is 9.59 Å². The summed E-state index contributed by atoms with van der Waals surface area (Å²) in [6.07, 6.45) is 4.72. The van der Waals surface area contributed by atoms with E-state index in [1.807, 2.05) is 4.90 Å². The Hall–Kier alpha value is -1.10. The van der Waals surface area contributed by atoms with Crippen molar-refractivity contribution in [1.82, 2.24) is 4.90 Å². The van der Waals surface area contributed by atoms with E-state index < -0.39 is 0 Å². The Balaban J connectivity index is 1.84. The number of carbonyl (C=O) groups excluding carboxylic acids is 2. The second-order valence-electron chi connectivity index (χ2n) is 5.63. The molecule has 1 saturated carbocycles. The molecule has 1 aliphatic carbocycles. The van der Waals surface area contributed by atoms with Gasteiger partial charge in [0.25, 0.3) is 0 Å². The second-order valence-corrected chi connectivity index (χ2v) is 5.63. The minimum atomic E-state index is -0.280. The molecule has 1 aliphatic heterocycles. The molecule has 0 aromatic carbocycles. The largest absolute Gasteiger partial charge is 0.369 e. The SMILES string of the molecule is NCC1CCC(C(=O)N2CCC(C(N)=O)C2)CC1. The van der Waals surface area contributed by atoms with Crippen molar-refractivity contribution < 1.29 is 9.59 Å². The summed E-state index contributed by atoms with van der Waals surface area (Å²) < 4.78 is 0. The van der Waals surface area contributed by atoms with Gasteiger partial charge in [0, 0.05) is 19.0 Å². The van der Waals surface area contributed by atoms with Crippen LogP contribution in [0.4, 0.5) is 0 Å². The fourth-order valence-electron chi connectivity index (χ4n) is 3.10. The van der Waals surface area contributed by atoms with E-state index in [4.69, 9.17) is 11.5 Å². The van der Waals surface area contributed by atoms with Gasteiger partial charge < -0.3 is 16.4 Å². The fourth-order valence-corrected chi connectivity index (χ4v) is 3.10.